The summed E-state index contributed by atoms with van der Waals surface area (Å²) in [6.07, 6.45) is 1.83. The van der Waals surface area contributed by atoms with Crippen molar-refractivity contribution in [3.63, 3.8) is 0 Å². The van der Waals surface area contributed by atoms with E-state index in [9.17, 15) is 0 Å². The lowest BCUT2D eigenvalue weighted by Crippen LogP contribution is -1.75. The molecular weight excluding hydrogens is 202 g/mol. The normalized spacial score (nSPS) is 10.7. The van der Waals surface area contributed by atoms with Crippen LogP contribution in [-0.2, 0) is 0 Å². The van der Waals surface area contributed by atoms with Gasteiger partial charge in [0.05, 0.1) is 10.6 Å². The number of nitrogens with zero attached hydrogens (tertiary/aromatic N) is 1. The summed E-state index contributed by atoms with van der Waals surface area (Å²) < 4.78 is 1.26. The predicted molar refractivity (Wildman–Crippen MR) is 63.9 cm³/mol. The molecule has 0 amide bonds. The van der Waals surface area contributed by atoms with Crippen molar-refractivity contribution in [3.8, 4) is 10.6 Å². The van der Waals surface area contributed by atoms with Gasteiger partial charge in [-0.25, -0.2) is 0 Å². The van der Waals surface area contributed by atoms with Crippen LogP contribution in [-0.4, -0.2) is 4.98 Å². The molecule has 0 fully saturated rings. The monoisotopic (exact) mass is 210 g/mol. The minimum atomic E-state index is 1.04. The third kappa shape index (κ3) is 1.53. The fraction of sp³-hybridized carbons (Fsp3) is 0. The van der Waals surface area contributed by atoms with Gasteiger partial charge >= 0.3 is 0 Å². The third-order valence-electron chi connectivity index (χ3n) is 2.28. The first-order chi connectivity index (χ1) is 7.43. The maximum absolute atomic E-state index is 4.34. The summed E-state index contributed by atoms with van der Waals surface area (Å²) in [6, 6.07) is 17.3. The van der Waals surface area contributed by atoms with Crippen molar-refractivity contribution in [2.24, 2.45) is 0 Å². The Bertz CT molecular complexity index is 551. The Kier molecular flexibility index (Phi) is 2.00. The van der Waals surface area contributed by atoms with Crippen LogP contribution in [0.2, 0.25) is 0 Å². The van der Waals surface area contributed by atoms with Gasteiger partial charge in [-0.15, -0.1) is 11.3 Å². The molecule has 71 valence electrons. The van der Waals surface area contributed by atoms with Crippen molar-refractivity contribution in [2.45, 2.75) is 0 Å². The molecule has 0 spiro atoms. The van der Waals surface area contributed by atoms with Gasteiger partial charge in [0.2, 0.25) is 0 Å². The molecule has 0 N–H and O–H groups in total. The molecule has 0 aliphatic rings. The molecule has 0 bridgehead atoms. The summed E-state index contributed by atoms with van der Waals surface area (Å²) in [5.41, 5.74) is 1.04. The summed E-state index contributed by atoms with van der Waals surface area (Å²) in [7, 11) is 0. The van der Waals surface area contributed by atoms with Crippen LogP contribution in [0.5, 0.6) is 0 Å². The highest BCUT2D eigenvalue weighted by Crippen LogP contribution is 2.31. The van der Waals surface area contributed by atoms with Crippen molar-refractivity contribution in [2.75, 3.05) is 0 Å². The van der Waals surface area contributed by atoms with Gasteiger partial charge in [0, 0.05) is 10.9 Å². The van der Waals surface area contributed by atoms with Crippen LogP contribution in [0.4, 0.5) is 0 Å². The van der Waals surface area contributed by atoms with E-state index in [1.165, 1.54) is 15.0 Å². The lowest BCUT2D eigenvalue weighted by molar-refractivity contribution is 1.34. The molecule has 2 heterocycles. The molecule has 0 aliphatic heterocycles. The summed E-state index contributed by atoms with van der Waals surface area (Å²) in [5, 5.41) is 1.26. The maximum atomic E-state index is 4.34. The standard InChI is InChI=1S/C13H8NS/c1-2-7-12-10(5-1)9-13(15-12)11-6-3-4-8-14-11/h1,3-9H. The minimum Gasteiger partial charge on any atom is -0.255 e. The van der Waals surface area contributed by atoms with Gasteiger partial charge in [0.15, 0.2) is 0 Å². The molecule has 0 aliphatic carbocycles. The summed E-state index contributed by atoms with van der Waals surface area (Å²) in [5.74, 6) is 0. The molecule has 1 aromatic carbocycles. The number of pyridine rings is 1. The quantitative estimate of drug-likeness (QED) is 0.596. The first-order valence-corrected chi connectivity index (χ1v) is 5.56. The van der Waals surface area contributed by atoms with Crippen molar-refractivity contribution in [1.82, 2.24) is 4.98 Å². The van der Waals surface area contributed by atoms with E-state index in [4.69, 9.17) is 0 Å². The summed E-state index contributed by atoms with van der Waals surface area (Å²) >= 11 is 1.76. The SMILES string of the molecule is [c]1ccc2cc(-c3ccccn3)sc2c1. The van der Waals surface area contributed by atoms with Gasteiger partial charge in [0.25, 0.3) is 0 Å². The zero-order valence-electron chi connectivity index (χ0n) is 7.97. The van der Waals surface area contributed by atoms with Crippen molar-refractivity contribution in [1.29, 1.82) is 0 Å². The van der Waals surface area contributed by atoms with E-state index in [0.717, 1.165) is 5.69 Å². The number of benzene rings is 1. The van der Waals surface area contributed by atoms with Crippen LogP contribution in [0.15, 0.2) is 48.7 Å². The van der Waals surface area contributed by atoms with Gasteiger partial charge in [-0.1, -0.05) is 18.2 Å². The maximum Gasteiger partial charge on any atom is 0.0802 e. The molecule has 1 radical (unpaired) electrons. The third-order valence-corrected chi connectivity index (χ3v) is 3.40. The smallest absolute Gasteiger partial charge is 0.0802 e. The molecule has 3 rings (SSSR count). The van der Waals surface area contributed by atoms with Gasteiger partial charge in [-0.3, -0.25) is 4.98 Å². The van der Waals surface area contributed by atoms with Crippen LogP contribution in [0.25, 0.3) is 20.7 Å². The zero-order valence-corrected chi connectivity index (χ0v) is 8.79. The number of fused-ring (bicyclic) bond motifs is 1. The highest BCUT2D eigenvalue weighted by atomic mass is 32.1. The van der Waals surface area contributed by atoms with E-state index >= 15 is 0 Å². The van der Waals surface area contributed by atoms with Crippen LogP contribution in [0, 0.1) is 6.07 Å². The topological polar surface area (TPSA) is 12.9 Å². The van der Waals surface area contributed by atoms with Gasteiger partial charge in [-0.2, -0.15) is 0 Å². The Labute approximate surface area is 92.0 Å². The highest BCUT2D eigenvalue weighted by Gasteiger charge is 2.03. The first kappa shape index (κ1) is 8.62. The Morgan fingerprint density at radius 1 is 1.20 bits per heavy atom. The van der Waals surface area contributed by atoms with Crippen LogP contribution in [0.1, 0.15) is 0 Å². The molecule has 0 unspecified atom stereocenters. The van der Waals surface area contributed by atoms with Crippen molar-refractivity contribution >= 4 is 21.4 Å². The van der Waals surface area contributed by atoms with Crippen LogP contribution >= 0.6 is 11.3 Å². The number of rotatable bonds is 1. The molecule has 3 aromatic rings. The average molecular weight is 210 g/mol. The molecule has 15 heavy (non-hydrogen) atoms. The first-order valence-electron chi connectivity index (χ1n) is 4.74. The second-order valence-electron chi connectivity index (χ2n) is 3.29. The minimum absolute atomic E-state index is 1.04. The van der Waals surface area contributed by atoms with E-state index in [1.54, 1.807) is 11.3 Å². The van der Waals surface area contributed by atoms with E-state index in [2.05, 4.69) is 23.2 Å². The Balaban J connectivity index is 2.21. The van der Waals surface area contributed by atoms with Gasteiger partial charge < -0.3 is 0 Å². The molecular formula is C13H8NS. The molecule has 0 atom stereocenters. The Hall–Kier alpha value is -1.67. The zero-order chi connectivity index (χ0) is 10.1. The predicted octanol–water partition coefficient (Wildman–Crippen LogP) is 3.76. The molecule has 2 heteroatoms. The van der Waals surface area contributed by atoms with Crippen molar-refractivity contribution in [3.05, 3.63) is 54.7 Å². The van der Waals surface area contributed by atoms with E-state index in [1.807, 2.05) is 36.5 Å². The van der Waals surface area contributed by atoms with E-state index in [-0.39, 0.29) is 0 Å². The van der Waals surface area contributed by atoms with E-state index in [0.29, 0.717) is 0 Å². The molecule has 0 saturated heterocycles. The Morgan fingerprint density at radius 3 is 3.00 bits per heavy atom. The van der Waals surface area contributed by atoms with E-state index < -0.39 is 0 Å². The summed E-state index contributed by atoms with van der Waals surface area (Å²) in [4.78, 5) is 5.56. The second-order valence-corrected chi connectivity index (χ2v) is 4.37. The number of hydrogen-bond donors (Lipinski definition) is 0. The van der Waals surface area contributed by atoms with Gasteiger partial charge in [0.1, 0.15) is 0 Å². The van der Waals surface area contributed by atoms with Crippen LogP contribution < -0.4 is 0 Å². The second kappa shape index (κ2) is 3.48. The fourth-order valence-electron chi connectivity index (χ4n) is 1.56. The Morgan fingerprint density at radius 2 is 2.20 bits per heavy atom. The number of thiophene rings is 1. The molecule has 2 aromatic heterocycles. The molecule has 1 nitrogen and oxygen atoms in total. The highest BCUT2D eigenvalue weighted by molar-refractivity contribution is 7.22. The van der Waals surface area contributed by atoms with Gasteiger partial charge in [-0.05, 0) is 35.7 Å². The van der Waals surface area contributed by atoms with Crippen LogP contribution in [0.3, 0.4) is 0 Å². The van der Waals surface area contributed by atoms with Crippen molar-refractivity contribution < 1.29 is 0 Å². The number of aromatic nitrogens is 1. The largest absolute Gasteiger partial charge is 0.255 e. The molecule has 0 saturated carbocycles. The summed E-state index contributed by atoms with van der Waals surface area (Å²) in [6.45, 7) is 0. The fourth-order valence-corrected chi connectivity index (χ4v) is 2.58. The number of hydrogen-bond acceptors (Lipinski definition) is 2. The lowest BCUT2D eigenvalue weighted by Gasteiger charge is -1.92. The average Bonchev–Trinajstić information content (AvgIpc) is 2.74. The lowest BCUT2D eigenvalue weighted by atomic mass is 10.2.